The Hall–Kier alpha value is -2.74. The number of benzene rings is 1. The normalized spacial score (nSPS) is 15.6. The second kappa shape index (κ2) is 6.17. The van der Waals surface area contributed by atoms with Crippen LogP contribution >= 0.6 is 0 Å². The summed E-state index contributed by atoms with van der Waals surface area (Å²) in [4.78, 5) is 24.4. The number of piperidine rings is 1. The lowest BCUT2D eigenvalue weighted by Crippen LogP contribution is -2.42. The van der Waals surface area contributed by atoms with E-state index < -0.39 is 4.92 Å². The highest BCUT2D eigenvalue weighted by Gasteiger charge is 2.22. The number of nitrogens with zero attached hydrogens (tertiary/aromatic N) is 4. The third kappa shape index (κ3) is 3.21. The van der Waals surface area contributed by atoms with Crippen LogP contribution in [0.2, 0.25) is 0 Å². The highest BCUT2D eigenvalue weighted by molar-refractivity contribution is 5.93. The molecular weight excluding hydrogens is 298 g/mol. The molecule has 0 unspecified atom stereocenters. The van der Waals surface area contributed by atoms with Crippen LogP contribution in [0, 0.1) is 10.1 Å². The highest BCUT2D eigenvalue weighted by atomic mass is 16.6. The van der Waals surface area contributed by atoms with Crippen molar-refractivity contribution in [3.8, 4) is 5.69 Å². The van der Waals surface area contributed by atoms with Gasteiger partial charge >= 0.3 is 0 Å². The zero-order chi connectivity index (χ0) is 16.4. The van der Waals surface area contributed by atoms with Gasteiger partial charge in [-0.1, -0.05) is 0 Å². The largest absolute Gasteiger partial charge is 0.338 e. The molecule has 2 heterocycles. The molecule has 1 aromatic heterocycles. The maximum absolute atomic E-state index is 12.4. The minimum absolute atomic E-state index is 0.0156. The van der Waals surface area contributed by atoms with Gasteiger partial charge in [-0.3, -0.25) is 14.9 Å². The van der Waals surface area contributed by atoms with Crippen LogP contribution in [0.15, 0.2) is 36.7 Å². The van der Waals surface area contributed by atoms with Gasteiger partial charge in [0.15, 0.2) is 0 Å². The van der Waals surface area contributed by atoms with Crippen molar-refractivity contribution in [1.29, 1.82) is 0 Å². The summed E-state index contributed by atoms with van der Waals surface area (Å²) in [5.41, 5.74) is 7.02. The summed E-state index contributed by atoms with van der Waals surface area (Å²) < 4.78 is 1.53. The van der Waals surface area contributed by atoms with Crippen LogP contribution in [0.4, 0.5) is 5.69 Å². The Morgan fingerprint density at radius 3 is 2.52 bits per heavy atom. The van der Waals surface area contributed by atoms with Crippen molar-refractivity contribution >= 4 is 11.6 Å². The van der Waals surface area contributed by atoms with Crippen LogP contribution in [0.1, 0.15) is 23.2 Å². The third-order valence-corrected chi connectivity index (χ3v) is 3.98. The molecule has 2 aromatic rings. The van der Waals surface area contributed by atoms with Crippen molar-refractivity contribution in [3.63, 3.8) is 0 Å². The highest BCUT2D eigenvalue weighted by Crippen LogP contribution is 2.17. The molecule has 0 aliphatic carbocycles. The summed E-state index contributed by atoms with van der Waals surface area (Å²) in [5, 5.41) is 14.8. The van der Waals surface area contributed by atoms with E-state index in [2.05, 4.69) is 5.10 Å². The number of nitrogens with two attached hydrogens (primary N) is 1. The van der Waals surface area contributed by atoms with Gasteiger partial charge in [-0.25, -0.2) is 4.68 Å². The molecule has 23 heavy (non-hydrogen) atoms. The molecule has 8 heteroatoms. The van der Waals surface area contributed by atoms with E-state index in [1.165, 1.54) is 23.0 Å². The molecule has 1 fully saturated rings. The number of aromatic nitrogens is 2. The molecule has 0 radical (unpaired) electrons. The average molecular weight is 315 g/mol. The first-order chi connectivity index (χ1) is 11.0. The predicted octanol–water partition coefficient (Wildman–Crippen LogP) is 1.34. The number of amides is 1. The Bertz CT molecular complexity index is 717. The van der Waals surface area contributed by atoms with Gasteiger partial charge in [0, 0.05) is 37.5 Å². The predicted molar refractivity (Wildman–Crippen MR) is 83.3 cm³/mol. The molecule has 8 nitrogen and oxygen atoms in total. The smallest absolute Gasteiger partial charge is 0.269 e. The number of carbonyl (C=O) groups is 1. The van der Waals surface area contributed by atoms with E-state index in [1.54, 1.807) is 23.2 Å². The molecule has 0 spiro atoms. The van der Waals surface area contributed by atoms with E-state index in [-0.39, 0.29) is 17.6 Å². The van der Waals surface area contributed by atoms with Crippen molar-refractivity contribution in [1.82, 2.24) is 14.7 Å². The SMILES string of the molecule is NC1CCN(C(=O)c2cnn(-c3ccc([N+](=O)[O-])cc3)c2)CC1. The quantitative estimate of drug-likeness (QED) is 0.679. The van der Waals surface area contributed by atoms with Crippen molar-refractivity contribution in [2.24, 2.45) is 5.73 Å². The zero-order valence-corrected chi connectivity index (χ0v) is 12.5. The van der Waals surface area contributed by atoms with Crippen LogP contribution in [-0.4, -0.2) is 44.6 Å². The van der Waals surface area contributed by atoms with Crippen molar-refractivity contribution in [2.45, 2.75) is 18.9 Å². The minimum Gasteiger partial charge on any atom is -0.338 e. The number of rotatable bonds is 3. The van der Waals surface area contributed by atoms with E-state index in [0.29, 0.717) is 24.3 Å². The molecule has 1 saturated heterocycles. The molecule has 120 valence electrons. The van der Waals surface area contributed by atoms with Gasteiger partial charge in [0.2, 0.25) is 0 Å². The maximum Gasteiger partial charge on any atom is 0.269 e. The number of hydrogen-bond acceptors (Lipinski definition) is 5. The van der Waals surface area contributed by atoms with E-state index in [0.717, 1.165) is 12.8 Å². The van der Waals surface area contributed by atoms with E-state index in [9.17, 15) is 14.9 Å². The van der Waals surface area contributed by atoms with Crippen LogP contribution < -0.4 is 5.73 Å². The second-order valence-electron chi connectivity index (χ2n) is 5.58. The number of hydrogen-bond donors (Lipinski definition) is 1. The van der Waals surface area contributed by atoms with E-state index in [4.69, 9.17) is 5.73 Å². The van der Waals surface area contributed by atoms with Gasteiger partial charge in [0.25, 0.3) is 11.6 Å². The zero-order valence-electron chi connectivity index (χ0n) is 12.5. The van der Waals surface area contributed by atoms with Crippen LogP contribution in [-0.2, 0) is 0 Å². The molecule has 1 aliphatic rings. The number of nitro groups is 1. The molecule has 1 aromatic carbocycles. The molecule has 0 bridgehead atoms. The minimum atomic E-state index is -0.455. The fourth-order valence-electron chi connectivity index (χ4n) is 2.59. The lowest BCUT2D eigenvalue weighted by atomic mass is 10.1. The van der Waals surface area contributed by atoms with Crippen molar-refractivity contribution < 1.29 is 9.72 Å². The van der Waals surface area contributed by atoms with Crippen molar-refractivity contribution in [3.05, 3.63) is 52.3 Å². The fraction of sp³-hybridized carbons (Fsp3) is 0.333. The fourth-order valence-corrected chi connectivity index (χ4v) is 2.59. The van der Waals surface area contributed by atoms with Gasteiger partial charge in [0.05, 0.1) is 22.4 Å². The van der Waals surface area contributed by atoms with Crippen LogP contribution in [0.3, 0.4) is 0 Å². The summed E-state index contributed by atoms with van der Waals surface area (Å²) in [6.07, 6.45) is 4.76. The molecule has 1 amide bonds. The third-order valence-electron chi connectivity index (χ3n) is 3.98. The van der Waals surface area contributed by atoms with Gasteiger partial charge in [0.1, 0.15) is 0 Å². The van der Waals surface area contributed by atoms with Crippen molar-refractivity contribution in [2.75, 3.05) is 13.1 Å². The summed E-state index contributed by atoms with van der Waals surface area (Å²) >= 11 is 0. The van der Waals surface area contributed by atoms with Gasteiger partial charge in [-0.15, -0.1) is 0 Å². The number of non-ortho nitro benzene ring substituents is 1. The Labute approximate surface area is 132 Å². The first-order valence-electron chi connectivity index (χ1n) is 7.39. The maximum atomic E-state index is 12.4. The number of likely N-dealkylation sites (tertiary alicyclic amines) is 1. The first kappa shape index (κ1) is 15.2. The second-order valence-corrected chi connectivity index (χ2v) is 5.58. The Kier molecular flexibility index (Phi) is 4.07. The summed E-state index contributed by atoms with van der Waals surface area (Å²) in [6, 6.07) is 6.18. The summed E-state index contributed by atoms with van der Waals surface area (Å²) in [5.74, 6) is -0.0648. The summed E-state index contributed by atoms with van der Waals surface area (Å²) in [6.45, 7) is 1.31. The lowest BCUT2D eigenvalue weighted by molar-refractivity contribution is -0.384. The monoisotopic (exact) mass is 315 g/mol. The molecular formula is C15H17N5O3. The number of carbonyl (C=O) groups excluding carboxylic acids is 1. The lowest BCUT2D eigenvalue weighted by Gasteiger charge is -2.29. The summed E-state index contributed by atoms with van der Waals surface area (Å²) in [7, 11) is 0. The van der Waals surface area contributed by atoms with Gasteiger partial charge in [-0.2, -0.15) is 5.10 Å². The molecule has 2 N–H and O–H groups in total. The van der Waals surface area contributed by atoms with E-state index in [1.807, 2.05) is 0 Å². The molecule has 3 rings (SSSR count). The average Bonchev–Trinajstić information content (AvgIpc) is 3.05. The van der Waals surface area contributed by atoms with E-state index >= 15 is 0 Å². The standard InChI is InChI=1S/C15H17N5O3/c16-12-5-7-18(8-6-12)15(21)11-9-17-19(10-11)13-1-3-14(4-2-13)20(22)23/h1-4,9-10,12H,5-8,16H2. The Balaban J connectivity index is 1.74. The number of nitro benzene ring substituents is 1. The molecule has 1 aliphatic heterocycles. The Morgan fingerprint density at radius 2 is 1.91 bits per heavy atom. The van der Waals surface area contributed by atoms with Gasteiger partial charge < -0.3 is 10.6 Å². The van der Waals surface area contributed by atoms with Crippen LogP contribution in [0.5, 0.6) is 0 Å². The van der Waals surface area contributed by atoms with Crippen LogP contribution in [0.25, 0.3) is 5.69 Å². The Morgan fingerprint density at radius 1 is 1.26 bits per heavy atom. The first-order valence-corrected chi connectivity index (χ1v) is 7.39. The topological polar surface area (TPSA) is 107 Å². The molecule has 0 atom stereocenters. The molecule has 0 saturated carbocycles. The van der Waals surface area contributed by atoms with Gasteiger partial charge in [-0.05, 0) is 25.0 Å².